The van der Waals surface area contributed by atoms with Crippen molar-refractivity contribution in [1.82, 2.24) is 0 Å². The molecule has 2 aromatic rings. The van der Waals surface area contributed by atoms with E-state index in [1.54, 1.807) is 36.4 Å². The fraction of sp³-hybridized carbons (Fsp3) is 0.0667. The van der Waals surface area contributed by atoms with Crippen LogP contribution in [-0.2, 0) is 11.2 Å². The fourth-order valence-corrected chi connectivity index (χ4v) is 1.93. The molecular weight excluding hydrogens is 274 g/mol. The standard InChI is InChI=1S/C15H12ClN3O/c16-13-7-11(9-17)3-6-14(13)19-15(20)8-10-1-4-12(18)5-2-10/h1-7H,8,18H2,(H,19,20). The average molecular weight is 286 g/mol. The molecule has 0 radical (unpaired) electrons. The molecule has 0 spiro atoms. The Morgan fingerprint density at radius 3 is 2.55 bits per heavy atom. The highest BCUT2D eigenvalue weighted by atomic mass is 35.5. The van der Waals surface area contributed by atoms with Crippen molar-refractivity contribution < 1.29 is 4.79 Å². The Kier molecular flexibility index (Phi) is 4.24. The number of hydrogen-bond donors (Lipinski definition) is 2. The van der Waals surface area contributed by atoms with Crippen LogP contribution >= 0.6 is 11.6 Å². The second-order valence-corrected chi connectivity index (χ2v) is 4.68. The van der Waals surface area contributed by atoms with Crippen molar-refractivity contribution in [3.8, 4) is 6.07 Å². The number of nitrogens with one attached hydrogen (secondary N) is 1. The van der Waals surface area contributed by atoms with Gasteiger partial charge in [0.25, 0.3) is 0 Å². The van der Waals surface area contributed by atoms with Crippen LogP contribution < -0.4 is 11.1 Å². The second-order valence-electron chi connectivity index (χ2n) is 4.27. The summed E-state index contributed by atoms with van der Waals surface area (Å²) in [6.45, 7) is 0. The number of amides is 1. The first-order valence-electron chi connectivity index (χ1n) is 5.92. The first-order valence-corrected chi connectivity index (χ1v) is 6.30. The van der Waals surface area contributed by atoms with E-state index in [-0.39, 0.29) is 12.3 Å². The SMILES string of the molecule is N#Cc1ccc(NC(=O)Cc2ccc(N)cc2)c(Cl)c1. The fourth-order valence-electron chi connectivity index (χ4n) is 1.70. The minimum atomic E-state index is -0.179. The van der Waals surface area contributed by atoms with E-state index in [0.717, 1.165) is 5.56 Å². The number of hydrogen-bond acceptors (Lipinski definition) is 3. The number of nitrogen functional groups attached to an aromatic ring is 1. The molecular formula is C15H12ClN3O. The summed E-state index contributed by atoms with van der Waals surface area (Å²) in [5.74, 6) is -0.179. The molecule has 0 aliphatic carbocycles. The number of rotatable bonds is 3. The van der Waals surface area contributed by atoms with Crippen LogP contribution in [0.5, 0.6) is 0 Å². The zero-order valence-electron chi connectivity index (χ0n) is 10.6. The third-order valence-electron chi connectivity index (χ3n) is 2.72. The van der Waals surface area contributed by atoms with E-state index >= 15 is 0 Å². The third kappa shape index (κ3) is 3.50. The van der Waals surface area contributed by atoms with Gasteiger partial charge in [-0.05, 0) is 35.9 Å². The number of benzene rings is 2. The van der Waals surface area contributed by atoms with Gasteiger partial charge < -0.3 is 11.1 Å². The molecule has 0 bridgehead atoms. The molecule has 100 valence electrons. The van der Waals surface area contributed by atoms with Crippen molar-refractivity contribution in [3.05, 3.63) is 58.6 Å². The van der Waals surface area contributed by atoms with Crippen molar-refractivity contribution in [1.29, 1.82) is 5.26 Å². The first-order chi connectivity index (χ1) is 9.58. The molecule has 0 fully saturated rings. The van der Waals surface area contributed by atoms with Crippen molar-refractivity contribution in [2.75, 3.05) is 11.1 Å². The lowest BCUT2D eigenvalue weighted by molar-refractivity contribution is -0.115. The summed E-state index contributed by atoms with van der Waals surface area (Å²) >= 11 is 5.99. The largest absolute Gasteiger partial charge is 0.399 e. The van der Waals surface area contributed by atoms with Crippen LogP contribution in [0, 0.1) is 11.3 Å². The van der Waals surface area contributed by atoms with E-state index in [9.17, 15) is 4.79 Å². The van der Waals surface area contributed by atoms with Crippen molar-refractivity contribution in [3.63, 3.8) is 0 Å². The Hall–Kier alpha value is -2.51. The lowest BCUT2D eigenvalue weighted by atomic mass is 10.1. The third-order valence-corrected chi connectivity index (χ3v) is 3.03. The predicted molar refractivity (Wildman–Crippen MR) is 79.4 cm³/mol. The van der Waals surface area contributed by atoms with E-state index in [2.05, 4.69) is 5.32 Å². The molecule has 0 aliphatic rings. The van der Waals surface area contributed by atoms with Gasteiger partial charge in [-0.3, -0.25) is 4.79 Å². The highest BCUT2D eigenvalue weighted by Gasteiger charge is 2.07. The maximum atomic E-state index is 11.9. The van der Waals surface area contributed by atoms with Gasteiger partial charge in [-0.2, -0.15) is 5.26 Å². The summed E-state index contributed by atoms with van der Waals surface area (Å²) in [4.78, 5) is 11.9. The van der Waals surface area contributed by atoms with Gasteiger partial charge in [-0.25, -0.2) is 0 Å². The topological polar surface area (TPSA) is 78.9 Å². The number of carbonyl (C=O) groups excluding carboxylic acids is 1. The van der Waals surface area contributed by atoms with Gasteiger partial charge in [0.1, 0.15) is 0 Å². The van der Waals surface area contributed by atoms with Gasteiger partial charge in [-0.1, -0.05) is 23.7 Å². The second kappa shape index (κ2) is 6.09. The Morgan fingerprint density at radius 1 is 1.25 bits per heavy atom. The molecule has 2 rings (SSSR count). The Balaban J connectivity index is 2.05. The molecule has 2 aromatic carbocycles. The predicted octanol–water partition coefficient (Wildman–Crippen LogP) is 2.98. The highest BCUT2D eigenvalue weighted by molar-refractivity contribution is 6.33. The molecule has 3 N–H and O–H groups in total. The maximum absolute atomic E-state index is 11.9. The van der Waals surface area contributed by atoms with E-state index in [1.807, 2.05) is 6.07 Å². The lowest BCUT2D eigenvalue weighted by Crippen LogP contribution is -2.14. The number of nitrogens with zero attached hydrogens (tertiary/aromatic N) is 1. The van der Waals surface area contributed by atoms with Crippen LogP contribution in [0.15, 0.2) is 42.5 Å². The smallest absolute Gasteiger partial charge is 0.228 e. The van der Waals surface area contributed by atoms with Gasteiger partial charge in [0.2, 0.25) is 5.91 Å². The van der Waals surface area contributed by atoms with Gasteiger partial charge in [0.05, 0.1) is 28.8 Å². The van der Waals surface area contributed by atoms with Crippen molar-refractivity contribution in [2.45, 2.75) is 6.42 Å². The van der Waals surface area contributed by atoms with Crippen LogP contribution in [0.3, 0.4) is 0 Å². The van der Waals surface area contributed by atoms with Gasteiger partial charge in [-0.15, -0.1) is 0 Å². The van der Waals surface area contributed by atoms with Crippen LogP contribution in [-0.4, -0.2) is 5.91 Å². The van der Waals surface area contributed by atoms with Crippen LogP contribution in [0.2, 0.25) is 5.02 Å². The maximum Gasteiger partial charge on any atom is 0.228 e. The zero-order chi connectivity index (χ0) is 14.5. The summed E-state index contributed by atoms with van der Waals surface area (Å²) in [6, 6.07) is 13.8. The summed E-state index contributed by atoms with van der Waals surface area (Å²) in [6.07, 6.45) is 0.233. The van der Waals surface area contributed by atoms with E-state index < -0.39 is 0 Å². The molecule has 1 amide bonds. The van der Waals surface area contributed by atoms with Crippen LogP contribution in [0.25, 0.3) is 0 Å². The van der Waals surface area contributed by atoms with E-state index in [0.29, 0.717) is 22.0 Å². The Labute approximate surface area is 121 Å². The molecule has 4 nitrogen and oxygen atoms in total. The van der Waals surface area contributed by atoms with Crippen molar-refractivity contribution >= 4 is 28.9 Å². The molecule has 0 heterocycles. The molecule has 5 heteroatoms. The molecule has 0 aromatic heterocycles. The molecule has 0 atom stereocenters. The number of carbonyl (C=O) groups is 1. The zero-order valence-corrected chi connectivity index (χ0v) is 11.3. The number of anilines is 2. The number of nitrogens with two attached hydrogens (primary N) is 1. The molecule has 0 saturated heterocycles. The monoisotopic (exact) mass is 285 g/mol. The van der Waals surface area contributed by atoms with Crippen LogP contribution in [0.4, 0.5) is 11.4 Å². The lowest BCUT2D eigenvalue weighted by Gasteiger charge is -2.07. The average Bonchev–Trinajstić information content (AvgIpc) is 2.43. The van der Waals surface area contributed by atoms with E-state index in [4.69, 9.17) is 22.6 Å². The van der Waals surface area contributed by atoms with Gasteiger partial charge >= 0.3 is 0 Å². The van der Waals surface area contributed by atoms with Crippen molar-refractivity contribution in [2.24, 2.45) is 0 Å². The van der Waals surface area contributed by atoms with Gasteiger partial charge in [0, 0.05) is 5.69 Å². The highest BCUT2D eigenvalue weighted by Crippen LogP contribution is 2.23. The molecule has 0 unspecified atom stereocenters. The number of nitriles is 1. The number of halogens is 1. The summed E-state index contributed by atoms with van der Waals surface area (Å²) < 4.78 is 0. The summed E-state index contributed by atoms with van der Waals surface area (Å²) in [7, 11) is 0. The molecule has 20 heavy (non-hydrogen) atoms. The molecule has 0 aliphatic heterocycles. The Morgan fingerprint density at radius 2 is 1.95 bits per heavy atom. The minimum absolute atomic E-state index is 0.179. The van der Waals surface area contributed by atoms with Crippen LogP contribution in [0.1, 0.15) is 11.1 Å². The quantitative estimate of drug-likeness (QED) is 0.851. The van der Waals surface area contributed by atoms with E-state index in [1.165, 1.54) is 6.07 Å². The molecule has 0 saturated carbocycles. The minimum Gasteiger partial charge on any atom is -0.399 e. The van der Waals surface area contributed by atoms with Gasteiger partial charge in [0.15, 0.2) is 0 Å². The normalized spacial score (nSPS) is 9.80. The summed E-state index contributed by atoms with van der Waals surface area (Å²) in [5.41, 5.74) is 8.05. The Bertz CT molecular complexity index is 675. The first kappa shape index (κ1) is 13.9. The summed E-state index contributed by atoms with van der Waals surface area (Å²) in [5, 5.41) is 11.8.